The Morgan fingerprint density at radius 3 is 2.60 bits per heavy atom. The molecule has 2 fully saturated rings. The smallest absolute Gasteiger partial charge is 0.188 e. The molecule has 0 aromatic carbocycles. The number of aliphatic imine (C=N–C) groups is 1. The van der Waals surface area contributed by atoms with Crippen molar-refractivity contribution in [1.29, 1.82) is 0 Å². The second kappa shape index (κ2) is 4.42. The largest absolute Gasteiger partial charge is 0.370 e. The van der Waals surface area contributed by atoms with Crippen LogP contribution in [0.2, 0.25) is 0 Å². The van der Waals surface area contributed by atoms with Crippen molar-refractivity contribution in [3.63, 3.8) is 0 Å². The molecule has 3 N–H and O–H groups in total. The molecule has 0 radical (unpaired) electrons. The van der Waals surface area contributed by atoms with E-state index in [9.17, 15) is 0 Å². The molecule has 0 amide bonds. The number of hydrogen-bond donors (Lipinski definition) is 2. The standard InChI is InChI=1S/C12H23N3/c1-2-12(7-3-4-8-12)9-14-11(13)15-10-5-6-10/h10H,2-9H2,1H3,(H3,13,14,15). The van der Waals surface area contributed by atoms with E-state index >= 15 is 0 Å². The average Bonchev–Trinajstić information content (AvgIpc) is 2.93. The Labute approximate surface area is 92.5 Å². The molecule has 0 unspecified atom stereocenters. The van der Waals surface area contributed by atoms with Gasteiger partial charge in [-0.3, -0.25) is 4.99 Å². The summed E-state index contributed by atoms with van der Waals surface area (Å²) in [4.78, 5) is 4.51. The van der Waals surface area contributed by atoms with Gasteiger partial charge in [0.25, 0.3) is 0 Å². The number of nitrogens with one attached hydrogen (secondary N) is 1. The molecule has 2 aliphatic carbocycles. The van der Waals surface area contributed by atoms with Crippen LogP contribution in [0, 0.1) is 5.41 Å². The Hall–Kier alpha value is -0.730. The Morgan fingerprint density at radius 1 is 1.40 bits per heavy atom. The molecule has 86 valence electrons. The maximum absolute atomic E-state index is 5.85. The lowest BCUT2D eigenvalue weighted by Gasteiger charge is -2.25. The van der Waals surface area contributed by atoms with Gasteiger partial charge in [-0.15, -0.1) is 0 Å². The van der Waals surface area contributed by atoms with Crippen LogP contribution in [0.25, 0.3) is 0 Å². The summed E-state index contributed by atoms with van der Waals surface area (Å²) in [6, 6.07) is 0.620. The van der Waals surface area contributed by atoms with Crippen molar-refractivity contribution in [2.24, 2.45) is 16.1 Å². The molecule has 3 heteroatoms. The summed E-state index contributed by atoms with van der Waals surface area (Å²) in [5, 5.41) is 3.25. The van der Waals surface area contributed by atoms with E-state index in [0.717, 1.165) is 6.54 Å². The van der Waals surface area contributed by atoms with Gasteiger partial charge in [-0.05, 0) is 37.5 Å². The first-order valence-electron chi connectivity index (χ1n) is 6.31. The van der Waals surface area contributed by atoms with Crippen LogP contribution < -0.4 is 11.1 Å². The van der Waals surface area contributed by atoms with Crippen molar-refractivity contribution in [1.82, 2.24) is 5.32 Å². The maximum atomic E-state index is 5.85. The average molecular weight is 209 g/mol. The molecule has 2 saturated carbocycles. The monoisotopic (exact) mass is 209 g/mol. The molecule has 0 spiro atoms. The molecular weight excluding hydrogens is 186 g/mol. The lowest BCUT2D eigenvalue weighted by Crippen LogP contribution is -2.34. The second-order valence-electron chi connectivity index (χ2n) is 5.18. The van der Waals surface area contributed by atoms with Gasteiger partial charge in [0.15, 0.2) is 5.96 Å². The Balaban J connectivity index is 1.83. The highest BCUT2D eigenvalue weighted by Crippen LogP contribution is 2.41. The van der Waals surface area contributed by atoms with Crippen LogP contribution in [0.1, 0.15) is 51.9 Å². The van der Waals surface area contributed by atoms with E-state index < -0.39 is 0 Å². The van der Waals surface area contributed by atoms with Crippen molar-refractivity contribution in [3.8, 4) is 0 Å². The first-order valence-corrected chi connectivity index (χ1v) is 6.31. The Morgan fingerprint density at radius 2 is 2.07 bits per heavy atom. The van der Waals surface area contributed by atoms with Crippen molar-refractivity contribution in [3.05, 3.63) is 0 Å². The van der Waals surface area contributed by atoms with E-state index in [-0.39, 0.29) is 0 Å². The van der Waals surface area contributed by atoms with Gasteiger partial charge in [0.1, 0.15) is 0 Å². The molecule has 0 saturated heterocycles. The predicted octanol–water partition coefficient (Wildman–Crippen LogP) is 2.02. The van der Waals surface area contributed by atoms with Crippen LogP contribution in [-0.2, 0) is 0 Å². The third kappa shape index (κ3) is 2.86. The fourth-order valence-corrected chi connectivity index (χ4v) is 2.48. The molecule has 15 heavy (non-hydrogen) atoms. The van der Waals surface area contributed by atoms with Crippen molar-refractivity contribution in [2.45, 2.75) is 57.9 Å². The zero-order chi connectivity index (χ0) is 10.7. The van der Waals surface area contributed by atoms with Crippen molar-refractivity contribution in [2.75, 3.05) is 6.54 Å². The molecule has 0 heterocycles. The molecule has 0 bridgehead atoms. The predicted molar refractivity (Wildman–Crippen MR) is 63.8 cm³/mol. The van der Waals surface area contributed by atoms with Crippen LogP contribution in [0.3, 0.4) is 0 Å². The van der Waals surface area contributed by atoms with Gasteiger partial charge < -0.3 is 11.1 Å². The zero-order valence-corrected chi connectivity index (χ0v) is 9.76. The topological polar surface area (TPSA) is 50.4 Å². The van der Waals surface area contributed by atoms with E-state index in [2.05, 4.69) is 17.2 Å². The van der Waals surface area contributed by atoms with E-state index in [1.165, 1.54) is 44.9 Å². The third-order valence-electron chi connectivity index (χ3n) is 3.93. The number of hydrogen-bond acceptors (Lipinski definition) is 1. The van der Waals surface area contributed by atoms with Gasteiger partial charge in [0, 0.05) is 12.6 Å². The van der Waals surface area contributed by atoms with Gasteiger partial charge in [-0.1, -0.05) is 19.8 Å². The second-order valence-corrected chi connectivity index (χ2v) is 5.18. The van der Waals surface area contributed by atoms with Crippen LogP contribution in [-0.4, -0.2) is 18.5 Å². The van der Waals surface area contributed by atoms with E-state index in [0.29, 0.717) is 17.4 Å². The quantitative estimate of drug-likeness (QED) is 0.550. The summed E-state index contributed by atoms with van der Waals surface area (Å²) in [7, 11) is 0. The summed E-state index contributed by atoms with van der Waals surface area (Å²) < 4.78 is 0. The number of nitrogens with zero attached hydrogens (tertiary/aromatic N) is 1. The minimum absolute atomic E-state index is 0.468. The fraction of sp³-hybridized carbons (Fsp3) is 0.917. The van der Waals surface area contributed by atoms with Crippen LogP contribution in [0.4, 0.5) is 0 Å². The molecule has 0 aromatic heterocycles. The van der Waals surface area contributed by atoms with Gasteiger partial charge in [0.2, 0.25) is 0 Å². The van der Waals surface area contributed by atoms with Gasteiger partial charge >= 0.3 is 0 Å². The highest BCUT2D eigenvalue weighted by molar-refractivity contribution is 5.78. The van der Waals surface area contributed by atoms with Crippen LogP contribution in [0.5, 0.6) is 0 Å². The SMILES string of the molecule is CCC1(CN=C(N)NC2CC2)CCCC1. The van der Waals surface area contributed by atoms with E-state index in [4.69, 9.17) is 5.73 Å². The molecule has 0 aliphatic heterocycles. The summed E-state index contributed by atoms with van der Waals surface area (Å²) in [5.41, 5.74) is 6.31. The molecule has 2 aliphatic rings. The summed E-state index contributed by atoms with van der Waals surface area (Å²) in [5.74, 6) is 0.664. The zero-order valence-electron chi connectivity index (χ0n) is 9.76. The summed E-state index contributed by atoms with van der Waals surface area (Å²) >= 11 is 0. The van der Waals surface area contributed by atoms with Gasteiger partial charge in [-0.25, -0.2) is 0 Å². The molecule has 0 atom stereocenters. The van der Waals surface area contributed by atoms with Crippen molar-refractivity contribution < 1.29 is 0 Å². The summed E-state index contributed by atoms with van der Waals surface area (Å²) in [6.07, 6.45) is 9.18. The number of nitrogens with two attached hydrogens (primary N) is 1. The molecule has 2 rings (SSSR count). The summed E-state index contributed by atoms with van der Waals surface area (Å²) in [6.45, 7) is 3.21. The van der Waals surface area contributed by atoms with Crippen LogP contribution in [0.15, 0.2) is 4.99 Å². The van der Waals surface area contributed by atoms with E-state index in [1.807, 2.05) is 0 Å². The van der Waals surface area contributed by atoms with Gasteiger partial charge in [-0.2, -0.15) is 0 Å². The Bertz CT molecular complexity index is 237. The van der Waals surface area contributed by atoms with Gasteiger partial charge in [0.05, 0.1) is 0 Å². The third-order valence-corrected chi connectivity index (χ3v) is 3.93. The number of rotatable bonds is 4. The lowest BCUT2D eigenvalue weighted by molar-refractivity contribution is 0.297. The molecule has 0 aromatic rings. The fourth-order valence-electron chi connectivity index (χ4n) is 2.48. The lowest BCUT2D eigenvalue weighted by atomic mass is 9.84. The van der Waals surface area contributed by atoms with Crippen LogP contribution >= 0.6 is 0 Å². The van der Waals surface area contributed by atoms with Crippen molar-refractivity contribution >= 4 is 5.96 Å². The number of guanidine groups is 1. The highest BCUT2D eigenvalue weighted by Gasteiger charge is 2.31. The first kappa shape index (κ1) is 10.8. The molecular formula is C12H23N3. The normalized spacial score (nSPS) is 25.5. The van der Waals surface area contributed by atoms with E-state index in [1.54, 1.807) is 0 Å². The minimum Gasteiger partial charge on any atom is -0.370 e. The highest BCUT2D eigenvalue weighted by atomic mass is 15.1. The first-order chi connectivity index (χ1) is 7.24. The maximum Gasteiger partial charge on any atom is 0.188 e. The Kier molecular flexibility index (Phi) is 3.17. The molecule has 3 nitrogen and oxygen atoms in total. The minimum atomic E-state index is 0.468.